The Balaban J connectivity index is 1.87. The summed E-state index contributed by atoms with van der Waals surface area (Å²) >= 11 is 2.59. The molecule has 3 heterocycles. The number of hydrogen-bond acceptors (Lipinski definition) is 14. The van der Waals surface area contributed by atoms with Crippen molar-refractivity contribution in [2.45, 2.75) is 43.4 Å². The highest BCUT2D eigenvalue weighted by Crippen LogP contribution is 2.71. The van der Waals surface area contributed by atoms with Gasteiger partial charge in [0.05, 0.1) is 45.2 Å². The standard InChI is InChI=1S/C35H33NO11S3/c1-17-14-15-21-20(16-17)22-28(34(3,4)36(21)29(38)24(47-18(2)37)19-12-10-9-11-13-19)48-25(31(40)44-6)23(30(39)43-5)35(22)49-26(32(41)45-7)27(50-35)33(42)46-8/h9-16,24H,1-8H3. The van der Waals surface area contributed by atoms with Gasteiger partial charge in [0.2, 0.25) is 6.10 Å². The molecule has 0 saturated carbocycles. The van der Waals surface area contributed by atoms with Crippen LogP contribution in [0.1, 0.15) is 43.6 Å². The largest absolute Gasteiger partial charge is 0.466 e. The summed E-state index contributed by atoms with van der Waals surface area (Å²) in [6, 6.07) is 13.9. The van der Waals surface area contributed by atoms with Crippen LogP contribution in [0.5, 0.6) is 0 Å². The van der Waals surface area contributed by atoms with Crippen molar-refractivity contribution < 1.29 is 52.5 Å². The minimum Gasteiger partial charge on any atom is -0.466 e. The minimum atomic E-state index is -1.73. The summed E-state index contributed by atoms with van der Waals surface area (Å²) in [6.07, 6.45) is -1.35. The molecule has 1 amide bonds. The van der Waals surface area contributed by atoms with Gasteiger partial charge >= 0.3 is 29.8 Å². The summed E-state index contributed by atoms with van der Waals surface area (Å²) < 4.78 is 24.4. The highest BCUT2D eigenvalue weighted by Gasteiger charge is 2.62. The molecule has 0 aliphatic carbocycles. The zero-order valence-electron chi connectivity index (χ0n) is 28.4. The predicted molar refractivity (Wildman–Crippen MR) is 188 cm³/mol. The maximum Gasteiger partial charge on any atom is 0.345 e. The van der Waals surface area contributed by atoms with Gasteiger partial charge in [-0.3, -0.25) is 14.5 Å². The molecule has 0 aromatic heterocycles. The van der Waals surface area contributed by atoms with Gasteiger partial charge in [0.25, 0.3) is 5.91 Å². The van der Waals surface area contributed by atoms with E-state index in [0.29, 0.717) is 27.3 Å². The molecule has 2 aromatic carbocycles. The number of carbonyl (C=O) groups is 6. The zero-order chi connectivity index (χ0) is 36.7. The number of ether oxygens (including phenoxy) is 5. The molecule has 2 aromatic rings. The quantitative estimate of drug-likeness (QED) is 0.270. The SMILES string of the molecule is COC(=O)C1=C(C(=O)OC)SC2(S1)C(C(=O)OC)=C(C(=O)OC)SC1=C2c2cc(C)ccc2N(C(=O)C(OC(C)=O)c2ccccc2)C1(C)C. The topological polar surface area (TPSA) is 152 Å². The number of amides is 1. The van der Waals surface area contributed by atoms with Crippen molar-refractivity contribution in [2.75, 3.05) is 33.3 Å². The summed E-state index contributed by atoms with van der Waals surface area (Å²) in [7, 11) is 4.60. The van der Waals surface area contributed by atoms with E-state index < -0.39 is 51.5 Å². The molecule has 15 heteroatoms. The van der Waals surface area contributed by atoms with E-state index in [1.165, 1.54) is 11.8 Å². The van der Waals surface area contributed by atoms with Gasteiger partial charge in [-0.1, -0.05) is 77.2 Å². The molecule has 262 valence electrons. The van der Waals surface area contributed by atoms with E-state index in [2.05, 4.69) is 0 Å². The lowest BCUT2D eigenvalue weighted by Crippen LogP contribution is -2.55. The summed E-state index contributed by atoms with van der Waals surface area (Å²) in [5.74, 6) is -4.80. The van der Waals surface area contributed by atoms with Gasteiger partial charge < -0.3 is 23.7 Å². The van der Waals surface area contributed by atoms with E-state index in [1.54, 1.807) is 62.4 Å². The number of esters is 5. The summed E-state index contributed by atoms with van der Waals surface area (Å²) in [6.45, 7) is 6.55. The van der Waals surface area contributed by atoms with Crippen LogP contribution in [-0.4, -0.2) is 73.8 Å². The smallest absolute Gasteiger partial charge is 0.345 e. The lowest BCUT2D eigenvalue weighted by Gasteiger charge is -2.51. The van der Waals surface area contributed by atoms with Crippen molar-refractivity contribution in [3.8, 4) is 0 Å². The van der Waals surface area contributed by atoms with E-state index in [0.717, 1.165) is 69.3 Å². The number of nitrogens with zero attached hydrogens (tertiary/aromatic N) is 1. The first-order chi connectivity index (χ1) is 23.7. The molecule has 0 fully saturated rings. The molecule has 1 atom stereocenters. The Hall–Kier alpha value is -4.47. The number of fused-ring (bicyclic) bond motifs is 3. The third-order valence-electron chi connectivity index (χ3n) is 8.12. The number of methoxy groups -OCH3 is 4. The van der Waals surface area contributed by atoms with E-state index in [1.807, 2.05) is 6.92 Å². The van der Waals surface area contributed by atoms with Crippen LogP contribution in [0, 0.1) is 6.92 Å². The second-order valence-corrected chi connectivity index (χ2v) is 15.3. The van der Waals surface area contributed by atoms with Crippen LogP contribution in [0.25, 0.3) is 5.57 Å². The Bertz CT molecular complexity index is 1900. The molecule has 0 saturated heterocycles. The molecule has 3 aliphatic heterocycles. The van der Waals surface area contributed by atoms with Crippen LogP contribution in [0.3, 0.4) is 0 Å². The predicted octanol–water partition coefficient (Wildman–Crippen LogP) is 5.22. The second-order valence-electron chi connectivity index (χ2n) is 11.6. The van der Waals surface area contributed by atoms with Crippen molar-refractivity contribution in [1.29, 1.82) is 0 Å². The van der Waals surface area contributed by atoms with Gasteiger partial charge in [0.15, 0.2) is 0 Å². The van der Waals surface area contributed by atoms with Crippen molar-refractivity contribution in [1.82, 2.24) is 0 Å². The molecule has 5 rings (SSSR count). The number of hydrogen-bond donors (Lipinski definition) is 0. The van der Waals surface area contributed by atoms with Gasteiger partial charge in [-0.2, -0.15) is 0 Å². The number of anilines is 1. The lowest BCUT2D eigenvalue weighted by atomic mass is 9.82. The van der Waals surface area contributed by atoms with Crippen molar-refractivity contribution in [3.63, 3.8) is 0 Å². The summed E-state index contributed by atoms with van der Waals surface area (Å²) in [5.41, 5.74) is 0.974. The van der Waals surface area contributed by atoms with Gasteiger partial charge in [0, 0.05) is 28.5 Å². The van der Waals surface area contributed by atoms with E-state index >= 15 is 0 Å². The van der Waals surface area contributed by atoms with Crippen LogP contribution < -0.4 is 4.90 Å². The number of rotatable bonds is 7. The summed E-state index contributed by atoms with van der Waals surface area (Å²) in [4.78, 5) is 82.6. The Labute approximate surface area is 300 Å². The Morgan fingerprint density at radius 2 is 1.28 bits per heavy atom. The van der Waals surface area contributed by atoms with Gasteiger partial charge in [-0.15, -0.1) is 0 Å². The van der Waals surface area contributed by atoms with Crippen LogP contribution in [0.15, 0.2) is 73.7 Å². The number of thioether (sulfide) groups is 3. The maximum absolute atomic E-state index is 14.8. The molecule has 50 heavy (non-hydrogen) atoms. The first kappa shape index (κ1) is 36.8. The highest BCUT2D eigenvalue weighted by atomic mass is 32.2. The fourth-order valence-electron chi connectivity index (χ4n) is 6.00. The minimum absolute atomic E-state index is 0.154. The first-order valence-corrected chi connectivity index (χ1v) is 17.4. The Morgan fingerprint density at radius 3 is 1.80 bits per heavy atom. The molecular formula is C35H33NO11S3. The van der Waals surface area contributed by atoms with Crippen LogP contribution in [0.4, 0.5) is 5.69 Å². The number of aryl methyl sites for hydroxylation is 1. The molecule has 1 unspecified atom stereocenters. The summed E-state index contributed by atoms with van der Waals surface area (Å²) in [5, 5.41) is 0. The molecule has 0 bridgehead atoms. The molecule has 12 nitrogen and oxygen atoms in total. The lowest BCUT2D eigenvalue weighted by molar-refractivity contribution is -0.153. The monoisotopic (exact) mass is 739 g/mol. The van der Waals surface area contributed by atoms with Gasteiger partial charge in [-0.25, -0.2) is 19.2 Å². The second kappa shape index (κ2) is 14.0. The maximum atomic E-state index is 14.8. The van der Waals surface area contributed by atoms with E-state index in [-0.39, 0.29) is 20.3 Å². The van der Waals surface area contributed by atoms with Crippen molar-refractivity contribution in [2.24, 2.45) is 0 Å². The van der Waals surface area contributed by atoms with Crippen molar-refractivity contribution in [3.05, 3.63) is 90.4 Å². The molecule has 0 N–H and O–H groups in total. The first-order valence-electron chi connectivity index (χ1n) is 15.0. The third kappa shape index (κ3) is 6.00. The Kier molecular flexibility index (Phi) is 10.3. The number of benzene rings is 2. The van der Waals surface area contributed by atoms with Crippen LogP contribution >= 0.6 is 35.3 Å². The van der Waals surface area contributed by atoms with E-state index in [4.69, 9.17) is 23.7 Å². The molecule has 3 aliphatic rings. The van der Waals surface area contributed by atoms with Crippen LogP contribution in [-0.2, 0) is 52.5 Å². The Morgan fingerprint density at radius 1 is 0.740 bits per heavy atom. The zero-order valence-corrected chi connectivity index (χ0v) is 30.8. The molecular weight excluding hydrogens is 707 g/mol. The van der Waals surface area contributed by atoms with E-state index in [9.17, 15) is 28.8 Å². The third-order valence-corrected chi connectivity index (χ3v) is 12.8. The van der Waals surface area contributed by atoms with Gasteiger partial charge in [0.1, 0.15) is 18.8 Å². The highest BCUT2D eigenvalue weighted by molar-refractivity contribution is 8.26. The number of carbonyl (C=O) groups excluding carboxylic acids is 6. The van der Waals surface area contributed by atoms with Gasteiger partial charge in [-0.05, 0) is 32.9 Å². The average Bonchev–Trinajstić information content (AvgIpc) is 3.49. The fourth-order valence-corrected chi connectivity index (χ4v) is 11.1. The van der Waals surface area contributed by atoms with Crippen molar-refractivity contribution >= 4 is 82.3 Å². The normalized spacial score (nSPS) is 17.8. The molecule has 0 radical (unpaired) electrons. The van der Waals surface area contributed by atoms with Crippen LogP contribution in [0.2, 0.25) is 0 Å². The molecule has 1 spiro atoms. The fraction of sp³-hybridized carbons (Fsp3) is 0.314. The average molecular weight is 740 g/mol.